The van der Waals surface area contributed by atoms with Crippen LogP contribution in [0.15, 0.2) is 30.3 Å². The molecule has 1 heterocycles. The van der Waals surface area contributed by atoms with E-state index in [9.17, 15) is 0 Å². The number of aromatic nitrogens is 1. The molecule has 1 fully saturated rings. The molecule has 1 N–H and O–H groups in total. The molecule has 106 valence electrons. The Bertz CT molecular complexity index is 590. The van der Waals surface area contributed by atoms with Crippen molar-refractivity contribution in [2.24, 2.45) is 5.92 Å². The summed E-state index contributed by atoms with van der Waals surface area (Å²) in [6, 6.07) is 10.7. The number of rotatable bonds is 6. The molecule has 3 rings (SSSR count). The number of anilines is 1. The molecule has 3 nitrogen and oxygen atoms in total. The zero-order valence-corrected chi connectivity index (χ0v) is 12.4. The summed E-state index contributed by atoms with van der Waals surface area (Å²) < 4.78 is 0. The average Bonchev–Trinajstić information content (AvgIpc) is 3.28. The van der Waals surface area contributed by atoms with Gasteiger partial charge >= 0.3 is 0 Å². The highest BCUT2D eigenvalue weighted by atomic mass is 15.1. The molecule has 0 aliphatic heterocycles. The maximum absolute atomic E-state index is 4.76. The van der Waals surface area contributed by atoms with Gasteiger partial charge in [0.25, 0.3) is 0 Å². The second-order valence-electron chi connectivity index (χ2n) is 5.75. The number of nitrogens with one attached hydrogen (secondary N) is 1. The lowest BCUT2D eigenvalue weighted by Gasteiger charge is -2.22. The van der Waals surface area contributed by atoms with Crippen LogP contribution in [-0.2, 0) is 6.54 Å². The summed E-state index contributed by atoms with van der Waals surface area (Å²) in [7, 11) is 2.21. The lowest BCUT2D eigenvalue weighted by molar-refractivity contribution is 0.712. The second-order valence-corrected chi connectivity index (χ2v) is 5.75. The Morgan fingerprint density at radius 1 is 1.30 bits per heavy atom. The van der Waals surface area contributed by atoms with E-state index < -0.39 is 0 Å². The molecule has 0 saturated heterocycles. The smallest absolute Gasteiger partial charge is 0.0726 e. The molecular formula is C17H23N3. The zero-order chi connectivity index (χ0) is 13.9. The molecule has 0 bridgehead atoms. The Hall–Kier alpha value is -1.61. The first-order chi connectivity index (χ1) is 9.78. The van der Waals surface area contributed by atoms with Crippen molar-refractivity contribution in [2.75, 3.05) is 25.0 Å². The van der Waals surface area contributed by atoms with Crippen molar-refractivity contribution in [2.45, 2.75) is 26.3 Å². The van der Waals surface area contributed by atoms with Gasteiger partial charge in [0.1, 0.15) is 0 Å². The number of hydrogen-bond donors (Lipinski definition) is 1. The maximum atomic E-state index is 4.76. The summed E-state index contributed by atoms with van der Waals surface area (Å²) in [5, 5.41) is 4.63. The van der Waals surface area contributed by atoms with E-state index in [2.05, 4.69) is 54.5 Å². The van der Waals surface area contributed by atoms with E-state index in [-0.39, 0.29) is 0 Å². The molecule has 1 saturated carbocycles. The summed E-state index contributed by atoms with van der Waals surface area (Å²) in [5.41, 5.74) is 3.54. The van der Waals surface area contributed by atoms with Gasteiger partial charge in [-0.15, -0.1) is 0 Å². The Morgan fingerprint density at radius 2 is 2.10 bits per heavy atom. The first-order valence-electron chi connectivity index (χ1n) is 7.58. The van der Waals surface area contributed by atoms with E-state index in [1.165, 1.54) is 23.9 Å². The molecule has 3 heteroatoms. The molecule has 20 heavy (non-hydrogen) atoms. The largest absolute Gasteiger partial charge is 0.374 e. The fourth-order valence-electron chi connectivity index (χ4n) is 2.66. The highest BCUT2D eigenvalue weighted by molar-refractivity contribution is 5.91. The second kappa shape index (κ2) is 5.80. The number of pyridine rings is 1. The van der Waals surface area contributed by atoms with Gasteiger partial charge in [0.2, 0.25) is 0 Å². The summed E-state index contributed by atoms with van der Waals surface area (Å²) in [6.07, 6.45) is 2.77. The van der Waals surface area contributed by atoms with E-state index in [0.717, 1.165) is 36.8 Å². The lowest BCUT2D eigenvalue weighted by atomic mass is 10.1. The van der Waals surface area contributed by atoms with Crippen LogP contribution in [0.4, 0.5) is 5.69 Å². The van der Waals surface area contributed by atoms with Crippen molar-refractivity contribution >= 4 is 16.6 Å². The average molecular weight is 269 g/mol. The van der Waals surface area contributed by atoms with Gasteiger partial charge in [0, 0.05) is 31.2 Å². The minimum atomic E-state index is 0.839. The number of para-hydroxylation sites is 1. The van der Waals surface area contributed by atoms with Crippen LogP contribution >= 0.6 is 0 Å². The minimum Gasteiger partial charge on any atom is -0.374 e. The molecule has 1 aromatic heterocycles. The molecule has 0 atom stereocenters. The molecule has 1 aliphatic carbocycles. The van der Waals surface area contributed by atoms with E-state index in [0.29, 0.717) is 0 Å². The molecule has 1 aliphatic rings. The molecule has 1 aromatic carbocycles. The highest BCUT2D eigenvalue weighted by Crippen LogP contribution is 2.33. The normalized spacial score (nSPS) is 14.7. The molecule has 2 aromatic rings. The summed E-state index contributed by atoms with van der Waals surface area (Å²) in [6.45, 7) is 5.10. The molecule has 0 spiro atoms. The van der Waals surface area contributed by atoms with Crippen molar-refractivity contribution < 1.29 is 0 Å². The number of fused-ring (bicyclic) bond motifs is 1. The lowest BCUT2D eigenvalue weighted by Crippen LogP contribution is -2.21. The van der Waals surface area contributed by atoms with Gasteiger partial charge < -0.3 is 10.2 Å². The van der Waals surface area contributed by atoms with Crippen LogP contribution in [0.5, 0.6) is 0 Å². The number of benzene rings is 1. The van der Waals surface area contributed by atoms with E-state index in [1.807, 2.05) is 0 Å². The molecule has 0 unspecified atom stereocenters. The fraction of sp³-hybridized carbons (Fsp3) is 0.471. The Balaban J connectivity index is 1.97. The van der Waals surface area contributed by atoms with Gasteiger partial charge in [-0.05, 0) is 37.4 Å². The van der Waals surface area contributed by atoms with Crippen LogP contribution < -0.4 is 10.2 Å². The summed E-state index contributed by atoms with van der Waals surface area (Å²) >= 11 is 0. The third-order valence-corrected chi connectivity index (χ3v) is 3.94. The Morgan fingerprint density at radius 3 is 2.85 bits per heavy atom. The molecular weight excluding hydrogens is 246 g/mol. The topological polar surface area (TPSA) is 28.2 Å². The predicted molar refractivity (Wildman–Crippen MR) is 85.1 cm³/mol. The van der Waals surface area contributed by atoms with Crippen LogP contribution in [0.3, 0.4) is 0 Å². The van der Waals surface area contributed by atoms with Crippen LogP contribution in [0.25, 0.3) is 10.9 Å². The Kier molecular flexibility index (Phi) is 3.88. The van der Waals surface area contributed by atoms with Gasteiger partial charge in [-0.2, -0.15) is 0 Å². The molecule has 0 radical (unpaired) electrons. The van der Waals surface area contributed by atoms with Crippen LogP contribution in [0.2, 0.25) is 0 Å². The summed E-state index contributed by atoms with van der Waals surface area (Å²) in [5.74, 6) is 0.893. The maximum Gasteiger partial charge on any atom is 0.0726 e. The number of hydrogen-bond acceptors (Lipinski definition) is 3. The summed E-state index contributed by atoms with van der Waals surface area (Å²) in [4.78, 5) is 7.16. The SMILES string of the molecule is CCNCc1cc(N(C)CC2CC2)c2ccccc2n1. The van der Waals surface area contributed by atoms with Crippen molar-refractivity contribution in [3.8, 4) is 0 Å². The number of nitrogens with zero attached hydrogens (tertiary/aromatic N) is 2. The van der Waals surface area contributed by atoms with Gasteiger partial charge in [-0.3, -0.25) is 4.98 Å². The van der Waals surface area contributed by atoms with Crippen molar-refractivity contribution in [1.29, 1.82) is 0 Å². The van der Waals surface area contributed by atoms with Crippen LogP contribution in [0.1, 0.15) is 25.5 Å². The first kappa shape index (κ1) is 13.4. The monoisotopic (exact) mass is 269 g/mol. The van der Waals surface area contributed by atoms with Gasteiger partial charge in [-0.25, -0.2) is 0 Å². The third kappa shape index (κ3) is 2.93. The van der Waals surface area contributed by atoms with E-state index >= 15 is 0 Å². The highest BCUT2D eigenvalue weighted by Gasteiger charge is 2.23. The van der Waals surface area contributed by atoms with Crippen LogP contribution in [0, 0.1) is 5.92 Å². The van der Waals surface area contributed by atoms with Gasteiger partial charge in [-0.1, -0.05) is 25.1 Å². The van der Waals surface area contributed by atoms with E-state index in [1.54, 1.807) is 0 Å². The quantitative estimate of drug-likeness (QED) is 0.873. The van der Waals surface area contributed by atoms with Gasteiger partial charge in [0.15, 0.2) is 0 Å². The van der Waals surface area contributed by atoms with Gasteiger partial charge in [0.05, 0.1) is 11.2 Å². The first-order valence-corrected chi connectivity index (χ1v) is 7.58. The van der Waals surface area contributed by atoms with Crippen LogP contribution in [-0.4, -0.2) is 25.1 Å². The third-order valence-electron chi connectivity index (χ3n) is 3.94. The Labute approximate surface area is 121 Å². The standard InChI is InChI=1S/C17H23N3/c1-3-18-11-14-10-17(20(2)12-13-8-9-13)15-6-4-5-7-16(15)19-14/h4-7,10,13,18H,3,8-9,11-12H2,1-2H3. The fourth-order valence-corrected chi connectivity index (χ4v) is 2.66. The zero-order valence-electron chi connectivity index (χ0n) is 12.4. The van der Waals surface area contributed by atoms with Crippen molar-refractivity contribution in [1.82, 2.24) is 10.3 Å². The van der Waals surface area contributed by atoms with E-state index in [4.69, 9.17) is 4.98 Å². The van der Waals surface area contributed by atoms with Crippen molar-refractivity contribution in [3.05, 3.63) is 36.0 Å². The van der Waals surface area contributed by atoms with Crippen molar-refractivity contribution in [3.63, 3.8) is 0 Å². The predicted octanol–water partition coefficient (Wildman–Crippen LogP) is 3.19. The minimum absolute atomic E-state index is 0.839. The molecule has 0 amide bonds.